The molecule has 1 fully saturated rings. The van der Waals surface area contributed by atoms with E-state index < -0.39 is 34.2 Å². The first kappa shape index (κ1) is 55.4. The number of hydrogen-bond donors (Lipinski definition) is 3. The lowest BCUT2D eigenvalue weighted by atomic mass is 9.57. The summed E-state index contributed by atoms with van der Waals surface area (Å²) in [5, 5.41) is 32.6. The van der Waals surface area contributed by atoms with Gasteiger partial charge in [0.15, 0.2) is 5.78 Å². The number of aliphatic hydroxyl groups is 3. The van der Waals surface area contributed by atoms with Gasteiger partial charge in [0.25, 0.3) is 0 Å². The van der Waals surface area contributed by atoms with Crippen molar-refractivity contribution < 1.29 is 34.4 Å². The third-order valence-electron chi connectivity index (χ3n) is 11.8. The maximum absolute atomic E-state index is 13.3. The van der Waals surface area contributed by atoms with Crippen LogP contribution in [0.5, 0.6) is 0 Å². The summed E-state index contributed by atoms with van der Waals surface area (Å²) in [6.45, 7) is 20.6. The monoisotopic (exact) mass is 845 g/mol. The van der Waals surface area contributed by atoms with Crippen LogP contribution in [0, 0.1) is 10.8 Å². The quantitative estimate of drug-likeness (QED) is 0.0310. The Kier molecular flexibility index (Phi) is 25.5. The van der Waals surface area contributed by atoms with Crippen molar-refractivity contribution in [3.05, 3.63) is 107 Å². The fourth-order valence-corrected chi connectivity index (χ4v) is 7.91. The summed E-state index contributed by atoms with van der Waals surface area (Å²) >= 11 is 0. The standard InChI is InChI=1S/C54H84O7/c1-12-13-14-15-16-17-18-19-20-21-22-33-50(58)61-48(38-46(6)55)41-51(7,8)49(57)35-34-44(4)31-25-29-42(2)27-23-24-28-43(3)30-26-32-45(5)36-37-54(60)52(9,10)39-47(56)40-53(54,11)59/h23-32,34-37,47-48,56,59-60H,12-22,33,38-41H2,1-11H3/b24-23+,29-25+,30-26+,35-34+,37-36+,42-27+,43-28+,44-31+,45-32+/t47-,48+,53+,54+/m0/s1. The van der Waals surface area contributed by atoms with Gasteiger partial charge in [-0.25, -0.2) is 0 Å². The van der Waals surface area contributed by atoms with Gasteiger partial charge in [-0.15, -0.1) is 0 Å². The molecule has 1 aliphatic rings. The van der Waals surface area contributed by atoms with Crippen LogP contribution in [0.4, 0.5) is 0 Å². The minimum absolute atomic E-state index is 0.0671. The van der Waals surface area contributed by atoms with Crippen molar-refractivity contribution in [2.45, 2.75) is 202 Å². The van der Waals surface area contributed by atoms with Crippen molar-refractivity contribution in [3.8, 4) is 0 Å². The second-order valence-electron chi connectivity index (χ2n) is 19.2. The van der Waals surface area contributed by atoms with E-state index in [1.165, 1.54) is 58.3 Å². The highest BCUT2D eigenvalue weighted by Gasteiger charge is 2.58. The molecule has 0 saturated heterocycles. The molecule has 7 heteroatoms. The number of Topliss-reactive ketones (excluding diaryl/α,β-unsaturated/α-hetero) is 1. The predicted molar refractivity (Wildman–Crippen MR) is 255 cm³/mol. The van der Waals surface area contributed by atoms with Gasteiger partial charge in [-0.2, -0.15) is 0 Å². The summed E-state index contributed by atoms with van der Waals surface area (Å²) in [6, 6.07) is 0. The molecule has 4 atom stereocenters. The van der Waals surface area contributed by atoms with E-state index >= 15 is 0 Å². The number of carbonyl (C=O) groups excluding carboxylic acids is 3. The molecule has 0 aromatic rings. The second kappa shape index (κ2) is 28.1. The van der Waals surface area contributed by atoms with Crippen LogP contribution in [0.1, 0.15) is 179 Å². The number of allylic oxidation sites excluding steroid dienone is 17. The molecule has 3 N–H and O–H groups in total. The van der Waals surface area contributed by atoms with Gasteiger partial charge >= 0.3 is 5.97 Å². The first-order valence-electron chi connectivity index (χ1n) is 23.0. The summed E-state index contributed by atoms with van der Waals surface area (Å²) in [6.07, 6.45) is 39.8. The van der Waals surface area contributed by atoms with E-state index in [2.05, 4.69) is 6.92 Å². The van der Waals surface area contributed by atoms with Gasteiger partial charge in [-0.3, -0.25) is 14.4 Å². The molecule has 0 radical (unpaired) electrons. The molecular formula is C54H84O7. The molecule has 1 rings (SSSR count). The van der Waals surface area contributed by atoms with Crippen LogP contribution < -0.4 is 0 Å². The Morgan fingerprint density at radius 3 is 1.61 bits per heavy atom. The highest BCUT2D eigenvalue weighted by molar-refractivity contribution is 5.94. The van der Waals surface area contributed by atoms with E-state index in [0.717, 1.165) is 41.6 Å². The molecule has 342 valence electrons. The minimum Gasteiger partial charge on any atom is -0.462 e. The lowest BCUT2D eigenvalue weighted by molar-refractivity contribution is -0.216. The zero-order valence-electron chi connectivity index (χ0n) is 40.0. The topological polar surface area (TPSA) is 121 Å². The third kappa shape index (κ3) is 22.3. The average Bonchev–Trinajstić information content (AvgIpc) is 3.15. The first-order valence-corrected chi connectivity index (χ1v) is 23.0. The maximum Gasteiger partial charge on any atom is 0.306 e. The Bertz CT molecular complexity index is 1630. The van der Waals surface area contributed by atoms with E-state index in [4.69, 9.17) is 4.74 Å². The summed E-state index contributed by atoms with van der Waals surface area (Å²) in [4.78, 5) is 38.0. The van der Waals surface area contributed by atoms with Gasteiger partial charge in [0.1, 0.15) is 17.5 Å². The molecule has 0 spiro atoms. The third-order valence-corrected chi connectivity index (χ3v) is 11.8. The van der Waals surface area contributed by atoms with Crippen molar-refractivity contribution in [3.63, 3.8) is 0 Å². The normalized spacial score (nSPS) is 22.7. The Balaban J connectivity index is 2.64. The van der Waals surface area contributed by atoms with Gasteiger partial charge in [-0.1, -0.05) is 194 Å². The van der Waals surface area contributed by atoms with Crippen LogP contribution >= 0.6 is 0 Å². The lowest BCUT2D eigenvalue weighted by Crippen LogP contribution is -2.65. The van der Waals surface area contributed by atoms with Crippen molar-refractivity contribution in [1.82, 2.24) is 0 Å². The SMILES string of the molecule is CCCCCCCCCCCCCC(=O)O[C@H](CC(C)=O)CC(C)(C)C(=O)/C=C/C(C)=C/C=C/C(C)=C/C=C/C=C(C)/C=C/C=C(C)/C=C/[C@@]1(O)C(C)(C)C[C@H](O)C[C@@]1(C)O. The molecule has 0 aromatic carbocycles. The number of carbonyl (C=O) groups is 3. The number of hydrogen-bond acceptors (Lipinski definition) is 7. The van der Waals surface area contributed by atoms with Crippen LogP contribution in [0.3, 0.4) is 0 Å². The smallest absolute Gasteiger partial charge is 0.306 e. The molecule has 0 aromatic heterocycles. The van der Waals surface area contributed by atoms with Gasteiger partial charge in [-0.05, 0) is 73.0 Å². The van der Waals surface area contributed by atoms with Crippen molar-refractivity contribution >= 4 is 17.5 Å². The lowest BCUT2D eigenvalue weighted by Gasteiger charge is -2.54. The largest absolute Gasteiger partial charge is 0.462 e. The molecule has 0 heterocycles. The summed E-state index contributed by atoms with van der Waals surface area (Å²) in [7, 11) is 0. The molecule has 0 amide bonds. The Morgan fingerprint density at radius 2 is 1.11 bits per heavy atom. The van der Waals surface area contributed by atoms with Crippen LogP contribution in [-0.2, 0) is 19.1 Å². The zero-order chi connectivity index (χ0) is 46.1. The Hall–Kier alpha value is -3.65. The highest BCUT2D eigenvalue weighted by atomic mass is 16.5. The molecule has 0 unspecified atom stereocenters. The number of esters is 1. The Labute approximate surface area is 371 Å². The van der Waals surface area contributed by atoms with Crippen LogP contribution in [0.25, 0.3) is 0 Å². The zero-order valence-corrected chi connectivity index (χ0v) is 40.0. The minimum atomic E-state index is -1.47. The predicted octanol–water partition coefficient (Wildman–Crippen LogP) is 12.8. The molecule has 0 bridgehead atoms. The molecule has 1 aliphatic carbocycles. The molecular weight excluding hydrogens is 761 g/mol. The molecule has 1 saturated carbocycles. The van der Waals surface area contributed by atoms with Gasteiger partial charge in [0, 0.05) is 30.1 Å². The highest BCUT2D eigenvalue weighted by Crippen LogP contribution is 2.50. The summed E-state index contributed by atoms with van der Waals surface area (Å²) in [5.41, 5.74) is -0.477. The van der Waals surface area contributed by atoms with Crippen molar-refractivity contribution in [2.24, 2.45) is 10.8 Å². The van der Waals surface area contributed by atoms with Crippen LogP contribution in [0.15, 0.2) is 107 Å². The number of rotatable bonds is 28. The number of unbranched alkanes of at least 4 members (excludes halogenated alkanes) is 10. The molecule has 7 nitrogen and oxygen atoms in total. The van der Waals surface area contributed by atoms with Gasteiger partial charge < -0.3 is 20.1 Å². The number of aliphatic hydroxyl groups excluding tert-OH is 1. The number of ether oxygens (including phenoxy) is 1. The molecule has 0 aliphatic heterocycles. The van der Waals surface area contributed by atoms with Crippen molar-refractivity contribution in [2.75, 3.05) is 0 Å². The van der Waals surface area contributed by atoms with E-state index in [1.807, 2.05) is 122 Å². The first-order chi connectivity index (χ1) is 28.5. The van der Waals surface area contributed by atoms with Crippen LogP contribution in [-0.4, -0.2) is 56.3 Å². The van der Waals surface area contributed by atoms with Gasteiger partial charge in [0.2, 0.25) is 0 Å². The average molecular weight is 845 g/mol. The van der Waals surface area contributed by atoms with E-state index in [-0.39, 0.29) is 36.8 Å². The van der Waals surface area contributed by atoms with E-state index in [1.54, 1.807) is 25.2 Å². The van der Waals surface area contributed by atoms with Gasteiger partial charge in [0.05, 0.1) is 11.7 Å². The van der Waals surface area contributed by atoms with Crippen molar-refractivity contribution in [1.29, 1.82) is 0 Å². The summed E-state index contributed by atoms with van der Waals surface area (Å²) < 4.78 is 5.75. The second-order valence-corrected chi connectivity index (χ2v) is 19.2. The Morgan fingerprint density at radius 1 is 0.656 bits per heavy atom. The van der Waals surface area contributed by atoms with E-state index in [0.29, 0.717) is 12.8 Å². The maximum atomic E-state index is 13.3. The van der Waals surface area contributed by atoms with Crippen LogP contribution in [0.2, 0.25) is 0 Å². The molecule has 61 heavy (non-hydrogen) atoms. The fraction of sp³-hybridized carbons (Fsp3) is 0.611. The summed E-state index contributed by atoms with van der Waals surface area (Å²) in [5.74, 6) is -0.447. The number of ketones is 2. The fourth-order valence-electron chi connectivity index (χ4n) is 7.91. The van der Waals surface area contributed by atoms with E-state index in [9.17, 15) is 29.7 Å².